The van der Waals surface area contributed by atoms with Gasteiger partial charge in [-0.3, -0.25) is 18.6 Å². The Morgan fingerprint density at radius 2 is 1.04 bits per heavy atom. The highest BCUT2D eigenvalue weighted by Crippen LogP contribution is 2.47. The van der Waals surface area contributed by atoms with Gasteiger partial charge in [-0.05, 0) is 77.0 Å². The highest BCUT2D eigenvalue weighted by Gasteiger charge is 2.51. The quantitative estimate of drug-likeness (QED) is 0.00997. The summed E-state index contributed by atoms with van der Waals surface area (Å²) in [6, 6.07) is 0. The van der Waals surface area contributed by atoms with Gasteiger partial charge in [-0.2, -0.15) is 0 Å². The summed E-state index contributed by atoms with van der Waals surface area (Å²) in [6.45, 7) is 3.03. The maximum absolute atomic E-state index is 12.8. The first-order valence-corrected chi connectivity index (χ1v) is 26.6. The molecule has 0 aromatic rings. The number of hydrogen-bond acceptors (Lipinski definition) is 13. The Hall–Kier alpha value is -3.27. The van der Waals surface area contributed by atoms with Crippen LogP contribution in [0.1, 0.15) is 162 Å². The number of aliphatic hydroxyl groups is 6. The molecule has 68 heavy (non-hydrogen) atoms. The monoisotopic (exact) mass is 979 g/mol. The number of unbranched alkanes of at least 4 members (excludes halogenated alkanes) is 12. The van der Waals surface area contributed by atoms with Crippen LogP contribution in [0.15, 0.2) is 97.2 Å². The number of phosphoric ester groups is 1. The molecule has 0 bridgehead atoms. The summed E-state index contributed by atoms with van der Waals surface area (Å²) in [5.74, 6) is -1.24. The van der Waals surface area contributed by atoms with Crippen LogP contribution in [-0.2, 0) is 32.7 Å². The van der Waals surface area contributed by atoms with Crippen molar-refractivity contribution in [2.45, 2.75) is 210 Å². The molecule has 14 nitrogen and oxygen atoms in total. The summed E-state index contributed by atoms with van der Waals surface area (Å²) >= 11 is 0. The Bertz CT molecular complexity index is 1570. The van der Waals surface area contributed by atoms with Crippen molar-refractivity contribution in [2.24, 2.45) is 0 Å². The van der Waals surface area contributed by atoms with E-state index in [0.717, 1.165) is 57.8 Å². The van der Waals surface area contributed by atoms with E-state index in [9.17, 15) is 49.7 Å². The van der Waals surface area contributed by atoms with Gasteiger partial charge in [0.15, 0.2) is 6.10 Å². The molecule has 1 aliphatic carbocycles. The number of allylic oxidation sites excluding steroid dienone is 14. The third kappa shape index (κ3) is 33.3. The van der Waals surface area contributed by atoms with Gasteiger partial charge >= 0.3 is 19.8 Å². The van der Waals surface area contributed by atoms with Gasteiger partial charge in [0.1, 0.15) is 43.2 Å². The zero-order valence-corrected chi connectivity index (χ0v) is 41.9. The Kier molecular flexibility index (Phi) is 38.3. The fourth-order valence-electron chi connectivity index (χ4n) is 6.96. The van der Waals surface area contributed by atoms with Gasteiger partial charge in [0.05, 0.1) is 12.7 Å². The molecule has 0 aliphatic heterocycles. The van der Waals surface area contributed by atoms with Crippen molar-refractivity contribution in [3.8, 4) is 0 Å². The average Bonchev–Trinajstić information content (AvgIpc) is 3.32. The van der Waals surface area contributed by atoms with Gasteiger partial charge in [-0.1, -0.05) is 169 Å². The van der Waals surface area contributed by atoms with Crippen molar-refractivity contribution in [1.29, 1.82) is 0 Å². The third-order valence-electron chi connectivity index (χ3n) is 11.0. The number of hydrogen-bond donors (Lipinski definition) is 7. The molecule has 1 rings (SSSR count). The fraction of sp³-hybridized carbons (Fsp3) is 0.660. The Morgan fingerprint density at radius 3 is 1.65 bits per heavy atom. The van der Waals surface area contributed by atoms with Crippen molar-refractivity contribution in [3.05, 3.63) is 97.2 Å². The number of esters is 2. The van der Waals surface area contributed by atoms with Crippen LogP contribution in [0, 0.1) is 0 Å². The molecule has 0 radical (unpaired) electrons. The number of carbonyl (C=O) groups is 2. The van der Waals surface area contributed by atoms with Gasteiger partial charge in [-0.15, -0.1) is 0 Å². The lowest BCUT2D eigenvalue weighted by Gasteiger charge is -2.41. The van der Waals surface area contributed by atoms with Crippen LogP contribution in [0.25, 0.3) is 0 Å². The van der Waals surface area contributed by atoms with Gasteiger partial charge in [0.2, 0.25) is 0 Å². The lowest BCUT2D eigenvalue weighted by Crippen LogP contribution is -2.64. The van der Waals surface area contributed by atoms with Crippen LogP contribution in [-0.4, -0.2) is 110 Å². The molecule has 7 N–H and O–H groups in total. The molecule has 1 fully saturated rings. The SMILES string of the molecule is CC/C=C\C/C=C\CC(O)/C=C/C=C\C/C=C\C/C=C\CCC(=O)OC[C@H](COP(=O)(O)OC1[C@H](O)[C@H](O)C(O)[C@H](O)[C@H]1O)OC(=O)CCCCCCCCCCC/C=C\C/C=C\CCCCC. The zero-order chi connectivity index (χ0) is 50.1. The van der Waals surface area contributed by atoms with E-state index in [1.807, 2.05) is 54.7 Å². The molecule has 0 spiro atoms. The number of phosphoric acid groups is 1. The summed E-state index contributed by atoms with van der Waals surface area (Å²) < 4.78 is 33.5. The van der Waals surface area contributed by atoms with E-state index in [0.29, 0.717) is 25.7 Å². The highest BCUT2D eigenvalue weighted by atomic mass is 31.2. The normalized spacial score (nSPS) is 22.3. The topological polar surface area (TPSA) is 230 Å². The molecular formula is C53H87O14P. The smallest absolute Gasteiger partial charge is 0.462 e. The molecule has 0 aromatic heterocycles. The molecule has 4 unspecified atom stereocenters. The first-order valence-electron chi connectivity index (χ1n) is 25.1. The third-order valence-corrected chi connectivity index (χ3v) is 12.0. The predicted molar refractivity (Wildman–Crippen MR) is 268 cm³/mol. The van der Waals surface area contributed by atoms with Crippen LogP contribution < -0.4 is 0 Å². The second-order valence-electron chi connectivity index (χ2n) is 17.1. The minimum absolute atomic E-state index is 0.0125. The Morgan fingerprint density at radius 1 is 0.544 bits per heavy atom. The predicted octanol–water partition coefficient (Wildman–Crippen LogP) is 9.58. The number of aliphatic hydroxyl groups excluding tert-OH is 6. The standard InChI is InChI=1S/C53H87O14P/c1-3-5-7-9-11-12-13-14-15-16-17-18-19-20-21-26-29-33-37-41-47(56)66-45(43-65-68(62,63)67-53-51(60)49(58)48(57)50(59)52(53)61)42-64-46(55)40-36-32-28-25-23-22-24-27-31-35-39-44(54)38-34-30-10-8-6-4-2/h6,8,11-12,14-15,22-23,27-28,30-32,34-35,39,44-45,48-54,57-61H,3-5,7,9-10,13,16-21,24-26,29,33,36-38,40-43H2,1-2H3,(H,62,63)/b8-6-,12-11-,15-14-,23-22-,31-27-,32-28-,34-30-,39-35+/t44?,45-,48?,49-,50+,51-,52-,53?/m1/s1. The highest BCUT2D eigenvalue weighted by molar-refractivity contribution is 7.47. The molecule has 1 aliphatic rings. The second kappa shape index (κ2) is 41.5. The lowest BCUT2D eigenvalue weighted by atomic mass is 9.85. The van der Waals surface area contributed by atoms with E-state index in [-0.39, 0.29) is 12.8 Å². The van der Waals surface area contributed by atoms with Gasteiger partial charge in [0, 0.05) is 12.8 Å². The van der Waals surface area contributed by atoms with Gasteiger partial charge in [-0.25, -0.2) is 4.57 Å². The molecule has 0 amide bonds. The van der Waals surface area contributed by atoms with Crippen molar-refractivity contribution in [2.75, 3.05) is 13.2 Å². The van der Waals surface area contributed by atoms with E-state index < -0.39 is 81.8 Å². The Labute approximate surface area is 407 Å². The summed E-state index contributed by atoms with van der Waals surface area (Å²) in [5.41, 5.74) is 0. The van der Waals surface area contributed by atoms with E-state index in [1.54, 1.807) is 6.08 Å². The summed E-state index contributed by atoms with van der Waals surface area (Å²) in [4.78, 5) is 35.8. The van der Waals surface area contributed by atoms with Crippen LogP contribution in [0.4, 0.5) is 0 Å². The molecule has 0 saturated heterocycles. The number of rotatable bonds is 40. The lowest BCUT2D eigenvalue weighted by molar-refractivity contribution is -0.220. The zero-order valence-electron chi connectivity index (χ0n) is 41.0. The Balaban J connectivity index is 2.50. The fourth-order valence-corrected chi connectivity index (χ4v) is 7.93. The molecule has 15 heteroatoms. The van der Waals surface area contributed by atoms with E-state index >= 15 is 0 Å². The molecule has 0 heterocycles. The summed E-state index contributed by atoms with van der Waals surface area (Å²) in [7, 11) is -5.16. The molecule has 388 valence electrons. The van der Waals surface area contributed by atoms with Crippen LogP contribution in [0.2, 0.25) is 0 Å². The molecular weight excluding hydrogens is 892 g/mol. The molecule has 1 saturated carbocycles. The number of ether oxygens (including phenoxy) is 2. The van der Waals surface area contributed by atoms with E-state index in [4.69, 9.17) is 18.5 Å². The van der Waals surface area contributed by atoms with Gasteiger partial charge in [0.25, 0.3) is 0 Å². The van der Waals surface area contributed by atoms with Gasteiger partial charge < -0.3 is 45.0 Å². The minimum Gasteiger partial charge on any atom is -0.462 e. The summed E-state index contributed by atoms with van der Waals surface area (Å²) in [5, 5.41) is 60.3. The maximum atomic E-state index is 12.8. The van der Waals surface area contributed by atoms with Crippen LogP contribution in [0.5, 0.6) is 0 Å². The van der Waals surface area contributed by atoms with Crippen molar-refractivity contribution in [1.82, 2.24) is 0 Å². The first-order chi connectivity index (χ1) is 32.8. The molecule has 0 aromatic carbocycles. The van der Waals surface area contributed by atoms with Crippen LogP contribution >= 0.6 is 7.82 Å². The van der Waals surface area contributed by atoms with E-state index in [1.165, 1.54) is 51.4 Å². The van der Waals surface area contributed by atoms with Crippen molar-refractivity contribution in [3.63, 3.8) is 0 Å². The van der Waals surface area contributed by atoms with Crippen LogP contribution in [0.3, 0.4) is 0 Å². The second-order valence-corrected chi connectivity index (χ2v) is 18.5. The minimum atomic E-state index is -5.16. The molecule has 9 atom stereocenters. The summed E-state index contributed by atoms with van der Waals surface area (Å²) in [6.07, 6.45) is 39.1. The van der Waals surface area contributed by atoms with Crippen molar-refractivity contribution >= 4 is 19.8 Å². The largest absolute Gasteiger partial charge is 0.472 e. The number of carbonyl (C=O) groups excluding carboxylic acids is 2. The maximum Gasteiger partial charge on any atom is 0.472 e. The van der Waals surface area contributed by atoms with E-state index in [2.05, 4.69) is 50.3 Å². The van der Waals surface area contributed by atoms with Crippen molar-refractivity contribution < 1.29 is 68.2 Å². The first kappa shape index (κ1) is 62.7. The average molecular weight is 979 g/mol.